The lowest BCUT2D eigenvalue weighted by atomic mass is 10.1. The lowest BCUT2D eigenvalue weighted by molar-refractivity contribution is -0.158. The van der Waals surface area contributed by atoms with Gasteiger partial charge in [0, 0.05) is 31.5 Å². The molecule has 176 valence electrons. The van der Waals surface area contributed by atoms with E-state index in [9.17, 15) is 19.8 Å². The summed E-state index contributed by atoms with van der Waals surface area (Å²) in [5.41, 5.74) is 0. The molecule has 12 heteroatoms. The zero-order valence-electron chi connectivity index (χ0n) is 17.2. The van der Waals surface area contributed by atoms with Gasteiger partial charge in [0.05, 0.1) is 30.5 Å². The second-order valence-electron chi connectivity index (χ2n) is 6.47. The van der Waals surface area contributed by atoms with Crippen molar-refractivity contribution in [1.29, 1.82) is 0 Å². The van der Waals surface area contributed by atoms with E-state index in [0.717, 1.165) is 11.5 Å². The Kier molecular flexibility index (Phi) is 14.7. The number of hydrogen-bond donors (Lipinski definition) is 3. The molecule has 1 rings (SSSR count). The second-order valence-corrected chi connectivity index (χ2v) is 9.69. The molecule has 30 heavy (non-hydrogen) atoms. The fraction of sp³-hybridized carbons (Fsp3) is 0.889. The van der Waals surface area contributed by atoms with E-state index < -0.39 is 37.5 Å². The zero-order valence-corrected chi connectivity index (χ0v) is 18.8. The summed E-state index contributed by atoms with van der Waals surface area (Å²) >= 11 is 3.41. The first kappa shape index (κ1) is 27.4. The molecule has 0 spiro atoms. The highest BCUT2D eigenvalue weighted by atomic mass is 32.2. The summed E-state index contributed by atoms with van der Waals surface area (Å²) in [6, 6.07) is 0. The molecule has 0 aromatic rings. The fourth-order valence-electron chi connectivity index (χ4n) is 2.68. The number of aliphatic hydroxyl groups is 3. The Morgan fingerprint density at radius 1 is 0.900 bits per heavy atom. The summed E-state index contributed by atoms with van der Waals surface area (Å²) in [6.45, 7) is -1.25. The van der Waals surface area contributed by atoms with E-state index in [0.29, 0.717) is 12.8 Å². The van der Waals surface area contributed by atoms with Crippen LogP contribution in [0, 0.1) is 0 Å². The highest BCUT2D eigenvalue weighted by Crippen LogP contribution is 2.50. The number of aliphatic hydroxyl groups excluding tert-OH is 3. The van der Waals surface area contributed by atoms with Crippen molar-refractivity contribution in [3.05, 3.63) is 0 Å². The molecule has 0 radical (unpaired) electrons. The van der Waals surface area contributed by atoms with Crippen LogP contribution in [0.25, 0.3) is 0 Å². The number of hydrogen-bond acceptors (Lipinski definition) is 12. The number of methoxy groups -OCH3 is 1. The number of ether oxygens (including phenoxy) is 5. The van der Waals surface area contributed by atoms with Crippen molar-refractivity contribution in [1.82, 2.24) is 0 Å². The Morgan fingerprint density at radius 2 is 1.40 bits per heavy atom. The Bertz CT molecular complexity index is 488. The van der Waals surface area contributed by atoms with Crippen LogP contribution >= 0.6 is 23.5 Å². The van der Waals surface area contributed by atoms with Crippen molar-refractivity contribution >= 4 is 35.5 Å². The van der Waals surface area contributed by atoms with Crippen molar-refractivity contribution in [3.63, 3.8) is 0 Å². The van der Waals surface area contributed by atoms with Gasteiger partial charge in [-0.3, -0.25) is 9.59 Å². The third-order valence-electron chi connectivity index (χ3n) is 4.14. The molecule has 0 aliphatic carbocycles. The third kappa shape index (κ3) is 11.1. The standard InChI is InChI=1S/C18H32O10S2/c1-24-13-26-11-15(9-20)28-17(23)3-5-18(29-6-7-30-18)4-2-16(22)27-14(8-19)10-25-12-21/h14-15,19-21H,2-13H2,1H3. The van der Waals surface area contributed by atoms with E-state index in [1.807, 2.05) is 0 Å². The number of carbonyl (C=O) groups excluding carboxylic acids is 2. The van der Waals surface area contributed by atoms with Gasteiger partial charge in [-0.1, -0.05) is 0 Å². The molecule has 2 unspecified atom stereocenters. The van der Waals surface area contributed by atoms with Crippen LogP contribution in [-0.2, 0) is 33.3 Å². The van der Waals surface area contributed by atoms with E-state index >= 15 is 0 Å². The van der Waals surface area contributed by atoms with E-state index in [4.69, 9.17) is 28.8 Å². The van der Waals surface area contributed by atoms with Gasteiger partial charge in [0.25, 0.3) is 0 Å². The maximum absolute atomic E-state index is 12.2. The maximum Gasteiger partial charge on any atom is 0.306 e. The summed E-state index contributed by atoms with van der Waals surface area (Å²) in [4.78, 5) is 24.3. The topological polar surface area (TPSA) is 141 Å². The molecule has 1 aliphatic heterocycles. The molecule has 10 nitrogen and oxygen atoms in total. The molecule has 1 fully saturated rings. The van der Waals surface area contributed by atoms with Crippen LogP contribution in [0.1, 0.15) is 25.7 Å². The highest BCUT2D eigenvalue weighted by Gasteiger charge is 2.37. The zero-order chi connectivity index (χ0) is 22.2. The minimum Gasteiger partial charge on any atom is -0.457 e. The Morgan fingerprint density at radius 3 is 1.83 bits per heavy atom. The van der Waals surface area contributed by atoms with E-state index in [1.54, 1.807) is 23.5 Å². The minimum atomic E-state index is -0.824. The van der Waals surface area contributed by atoms with Crippen molar-refractivity contribution < 1.29 is 48.6 Å². The van der Waals surface area contributed by atoms with Crippen molar-refractivity contribution in [2.75, 3.05) is 58.6 Å². The van der Waals surface area contributed by atoms with Crippen LogP contribution in [0.2, 0.25) is 0 Å². The highest BCUT2D eigenvalue weighted by molar-refractivity contribution is 8.21. The second kappa shape index (κ2) is 16.1. The van der Waals surface area contributed by atoms with Gasteiger partial charge in [-0.25, -0.2) is 0 Å². The van der Waals surface area contributed by atoms with Crippen molar-refractivity contribution in [2.45, 2.75) is 42.0 Å². The summed E-state index contributed by atoms with van der Waals surface area (Å²) in [7, 11) is 1.47. The van der Waals surface area contributed by atoms with Gasteiger partial charge in [0.1, 0.15) is 25.8 Å². The molecule has 1 heterocycles. The normalized spacial score (nSPS) is 17.5. The Labute approximate surface area is 184 Å². The molecule has 1 saturated heterocycles. The smallest absolute Gasteiger partial charge is 0.306 e. The fourth-order valence-corrected chi connectivity index (χ4v) is 5.91. The molecule has 0 amide bonds. The van der Waals surface area contributed by atoms with E-state index in [2.05, 4.69) is 0 Å². The molecular formula is C18H32O10S2. The van der Waals surface area contributed by atoms with E-state index in [-0.39, 0.29) is 43.5 Å². The van der Waals surface area contributed by atoms with Gasteiger partial charge in [-0.05, 0) is 12.8 Å². The maximum atomic E-state index is 12.2. The average molecular weight is 473 g/mol. The predicted octanol–water partition coefficient (Wildman–Crippen LogP) is 0.118. The van der Waals surface area contributed by atoms with Gasteiger partial charge in [0.2, 0.25) is 0 Å². The first-order chi connectivity index (χ1) is 14.5. The van der Waals surface area contributed by atoms with Crippen molar-refractivity contribution in [2.24, 2.45) is 0 Å². The van der Waals surface area contributed by atoms with Crippen LogP contribution in [-0.4, -0.2) is 102 Å². The molecule has 1 aliphatic rings. The molecule has 0 saturated carbocycles. The number of esters is 2. The van der Waals surface area contributed by atoms with Crippen LogP contribution < -0.4 is 0 Å². The third-order valence-corrected chi connectivity index (χ3v) is 7.79. The molecule has 2 atom stereocenters. The van der Waals surface area contributed by atoms with Gasteiger partial charge in [-0.15, -0.1) is 23.5 Å². The molecule has 0 bridgehead atoms. The quantitative estimate of drug-likeness (QED) is 0.150. The molecule has 3 N–H and O–H groups in total. The summed E-state index contributed by atoms with van der Waals surface area (Å²) in [6.07, 6.45) is -0.265. The predicted molar refractivity (Wildman–Crippen MR) is 111 cm³/mol. The van der Waals surface area contributed by atoms with Crippen molar-refractivity contribution in [3.8, 4) is 0 Å². The lowest BCUT2D eigenvalue weighted by Gasteiger charge is -2.27. The SMILES string of the molecule is COCOCC(CO)OC(=O)CCC1(CCC(=O)OC(CO)COCO)SCCS1. The lowest BCUT2D eigenvalue weighted by Crippen LogP contribution is -2.30. The minimum absolute atomic E-state index is 0.0442. The Balaban J connectivity index is 2.44. The molecular weight excluding hydrogens is 440 g/mol. The van der Waals surface area contributed by atoms with Crippen LogP contribution in [0.5, 0.6) is 0 Å². The summed E-state index contributed by atoms with van der Waals surface area (Å²) in [5, 5.41) is 27.1. The van der Waals surface area contributed by atoms with Gasteiger partial charge >= 0.3 is 11.9 Å². The van der Waals surface area contributed by atoms with Gasteiger partial charge in [0.15, 0.2) is 0 Å². The number of rotatable bonds is 17. The van der Waals surface area contributed by atoms with Gasteiger partial charge in [-0.2, -0.15) is 0 Å². The van der Waals surface area contributed by atoms with E-state index in [1.165, 1.54) is 7.11 Å². The first-order valence-corrected chi connectivity index (χ1v) is 11.6. The van der Waals surface area contributed by atoms with Crippen LogP contribution in [0.15, 0.2) is 0 Å². The van der Waals surface area contributed by atoms with Gasteiger partial charge < -0.3 is 39.0 Å². The van der Waals surface area contributed by atoms with Crippen LogP contribution in [0.4, 0.5) is 0 Å². The van der Waals surface area contributed by atoms with Crippen LogP contribution in [0.3, 0.4) is 0 Å². The largest absolute Gasteiger partial charge is 0.457 e. The first-order valence-electron chi connectivity index (χ1n) is 9.62. The number of carbonyl (C=O) groups is 2. The Hall–Kier alpha value is -0.600. The monoisotopic (exact) mass is 472 g/mol. The average Bonchev–Trinajstić information content (AvgIpc) is 3.22. The summed E-state index contributed by atoms with van der Waals surface area (Å²) in [5.74, 6) is 0.929. The summed E-state index contributed by atoms with van der Waals surface area (Å²) < 4.78 is 24.7. The number of thioether (sulfide) groups is 2. The molecule has 0 aromatic carbocycles. The molecule has 0 aromatic heterocycles.